The maximum Gasteiger partial charge on any atom is 0.0585 e. The molecule has 0 aromatic carbocycles. The highest BCUT2D eigenvalue weighted by Crippen LogP contribution is 2.03. The topological polar surface area (TPSA) is 46.2 Å². The maximum absolute atomic E-state index is 8.51. The lowest BCUT2D eigenvalue weighted by atomic mass is 10.0. The summed E-state index contributed by atoms with van der Waals surface area (Å²) in [6.07, 6.45) is 1.04. The van der Waals surface area contributed by atoms with E-state index >= 15 is 0 Å². The van der Waals surface area contributed by atoms with Crippen LogP contribution in [-0.4, -0.2) is 17.8 Å². The Morgan fingerprint density at radius 1 is 1.56 bits per heavy atom. The van der Waals surface area contributed by atoms with Crippen LogP contribution >= 0.6 is 12.4 Å². The van der Waals surface area contributed by atoms with Crippen LogP contribution in [0, 0.1) is 5.92 Å². The number of nitrogens with two attached hydrogens (primary N) is 1. The van der Waals surface area contributed by atoms with Crippen molar-refractivity contribution in [2.75, 3.05) is 6.61 Å². The van der Waals surface area contributed by atoms with Crippen LogP contribution < -0.4 is 5.73 Å². The van der Waals surface area contributed by atoms with Crippen LogP contribution in [0.25, 0.3) is 0 Å². The molecule has 2 atom stereocenters. The Kier molecular flexibility index (Phi) is 8.40. The molecule has 0 aliphatic carbocycles. The third-order valence-corrected chi connectivity index (χ3v) is 1.59. The molecule has 0 bridgehead atoms. The van der Waals surface area contributed by atoms with E-state index in [9.17, 15) is 0 Å². The highest BCUT2D eigenvalue weighted by atomic mass is 35.5. The van der Waals surface area contributed by atoms with Gasteiger partial charge in [-0.1, -0.05) is 20.3 Å². The van der Waals surface area contributed by atoms with E-state index in [1.807, 2.05) is 6.92 Å². The van der Waals surface area contributed by atoms with Crippen molar-refractivity contribution < 1.29 is 5.11 Å². The first-order valence-electron chi connectivity index (χ1n) is 3.08. The summed E-state index contributed by atoms with van der Waals surface area (Å²) in [6, 6.07) is -0.0278. The van der Waals surface area contributed by atoms with Gasteiger partial charge in [-0.05, 0) is 5.92 Å². The monoisotopic (exact) mass is 153 g/mol. The van der Waals surface area contributed by atoms with Crippen LogP contribution in [0.4, 0.5) is 0 Å². The molecule has 1 unspecified atom stereocenters. The van der Waals surface area contributed by atoms with Crippen LogP contribution in [0.15, 0.2) is 0 Å². The van der Waals surface area contributed by atoms with E-state index in [1.165, 1.54) is 0 Å². The lowest BCUT2D eigenvalue weighted by Gasteiger charge is -2.14. The minimum atomic E-state index is -0.0278. The van der Waals surface area contributed by atoms with Gasteiger partial charge in [0.1, 0.15) is 0 Å². The summed E-state index contributed by atoms with van der Waals surface area (Å²) in [5.41, 5.74) is 5.48. The molecule has 0 saturated heterocycles. The van der Waals surface area contributed by atoms with Crippen molar-refractivity contribution >= 4 is 12.4 Å². The molecule has 0 aliphatic heterocycles. The third-order valence-electron chi connectivity index (χ3n) is 1.59. The first-order chi connectivity index (χ1) is 3.72. The molecular formula is C6H16ClNO. The van der Waals surface area contributed by atoms with Crippen molar-refractivity contribution in [2.45, 2.75) is 26.3 Å². The van der Waals surface area contributed by atoms with Gasteiger partial charge >= 0.3 is 0 Å². The maximum atomic E-state index is 8.51. The molecule has 9 heavy (non-hydrogen) atoms. The van der Waals surface area contributed by atoms with Gasteiger partial charge in [0, 0.05) is 6.04 Å². The Hall–Kier alpha value is 0.210. The van der Waals surface area contributed by atoms with E-state index in [4.69, 9.17) is 10.8 Å². The average molecular weight is 154 g/mol. The first-order valence-corrected chi connectivity index (χ1v) is 3.08. The van der Waals surface area contributed by atoms with E-state index in [-0.39, 0.29) is 25.1 Å². The first kappa shape index (κ1) is 11.9. The Morgan fingerprint density at radius 2 is 2.00 bits per heavy atom. The van der Waals surface area contributed by atoms with Gasteiger partial charge in [0.15, 0.2) is 0 Å². The van der Waals surface area contributed by atoms with Crippen molar-refractivity contribution in [3.8, 4) is 0 Å². The summed E-state index contributed by atoms with van der Waals surface area (Å²) in [6.45, 7) is 4.22. The second-order valence-corrected chi connectivity index (χ2v) is 2.23. The van der Waals surface area contributed by atoms with Crippen molar-refractivity contribution in [1.82, 2.24) is 0 Å². The highest BCUT2D eigenvalue weighted by Gasteiger charge is 2.07. The van der Waals surface area contributed by atoms with Crippen LogP contribution in [0.5, 0.6) is 0 Å². The van der Waals surface area contributed by atoms with Gasteiger partial charge in [-0.3, -0.25) is 0 Å². The van der Waals surface area contributed by atoms with E-state index < -0.39 is 0 Å². The Labute approximate surface area is 62.9 Å². The fourth-order valence-corrected chi connectivity index (χ4v) is 0.483. The number of aliphatic hydroxyl groups excluding tert-OH is 1. The molecular weight excluding hydrogens is 138 g/mol. The zero-order chi connectivity index (χ0) is 6.57. The molecule has 0 radical (unpaired) electrons. The molecule has 0 aromatic rings. The van der Waals surface area contributed by atoms with Crippen LogP contribution in [-0.2, 0) is 0 Å². The summed E-state index contributed by atoms with van der Waals surface area (Å²) in [5, 5.41) is 8.51. The SMILES string of the molecule is CCC(C)[C@@H](N)CO.Cl. The van der Waals surface area contributed by atoms with Gasteiger partial charge in [-0.15, -0.1) is 12.4 Å². The van der Waals surface area contributed by atoms with Crippen molar-refractivity contribution in [1.29, 1.82) is 0 Å². The molecule has 0 spiro atoms. The molecule has 0 amide bonds. The number of hydrogen-bond acceptors (Lipinski definition) is 2. The largest absolute Gasteiger partial charge is 0.395 e. The zero-order valence-corrected chi connectivity index (χ0v) is 6.82. The summed E-state index contributed by atoms with van der Waals surface area (Å²) in [7, 11) is 0. The predicted octanol–water partition coefficient (Wildman–Crippen LogP) is 0.774. The second-order valence-electron chi connectivity index (χ2n) is 2.23. The van der Waals surface area contributed by atoms with E-state index in [0.29, 0.717) is 5.92 Å². The molecule has 0 aliphatic rings. The van der Waals surface area contributed by atoms with Gasteiger partial charge in [-0.2, -0.15) is 0 Å². The van der Waals surface area contributed by atoms with Gasteiger partial charge in [0.25, 0.3) is 0 Å². The summed E-state index contributed by atoms with van der Waals surface area (Å²) in [4.78, 5) is 0. The summed E-state index contributed by atoms with van der Waals surface area (Å²) < 4.78 is 0. The van der Waals surface area contributed by atoms with Crippen LogP contribution in [0.1, 0.15) is 20.3 Å². The third kappa shape index (κ3) is 4.70. The van der Waals surface area contributed by atoms with Crippen molar-refractivity contribution in [2.24, 2.45) is 11.7 Å². The van der Waals surface area contributed by atoms with E-state index in [1.54, 1.807) is 0 Å². The molecule has 3 heteroatoms. The zero-order valence-electron chi connectivity index (χ0n) is 6.00. The number of halogens is 1. The van der Waals surface area contributed by atoms with Crippen LogP contribution in [0.2, 0.25) is 0 Å². The lowest BCUT2D eigenvalue weighted by Crippen LogP contribution is -2.31. The minimum Gasteiger partial charge on any atom is -0.395 e. The van der Waals surface area contributed by atoms with Gasteiger partial charge < -0.3 is 10.8 Å². The number of aliphatic hydroxyl groups is 1. The molecule has 0 rings (SSSR count). The molecule has 58 valence electrons. The van der Waals surface area contributed by atoms with E-state index in [0.717, 1.165) is 6.42 Å². The molecule has 0 saturated carbocycles. The Morgan fingerprint density at radius 3 is 2.11 bits per heavy atom. The van der Waals surface area contributed by atoms with Gasteiger partial charge in [-0.25, -0.2) is 0 Å². The number of rotatable bonds is 3. The standard InChI is InChI=1S/C6H15NO.ClH/c1-3-5(2)6(7)4-8;/h5-6,8H,3-4,7H2,1-2H3;1H/t5?,6-;/m0./s1. The minimum absolute atomic E-state index is 0. The van der Waals surface area contributed by atoms with Crippen molar-refractivity contribution in [3.05, 3.63) is 0 Å². The average Bonchev–Trinajstić information content (AvgIpc) is 1.84. The quantitative estimate of drug-likeness (QED) is 0.630. The Balaban J connectivity index is 0. The Bertz CT molecular complexity index is 53.0. The summed E-state index contributed by atoms with van der Waals surface area (Å²) in [5.74, 6) is 0.444. The fourth-order valence-electron chi connectivity index (χ4n) is 0.483. The molecule has 0 fully saturated rings. The lowest BCUT2D eigenvalue weighted by molar-refractivity contribution is 0.230. The molecule has 2 nitrogen and oxygen atoms in total. The summed E-state index contributed by atoms with van der Waals surface area (Å²) >= 11 is 0. The number of hydrogen-bond donors (Lipinski definition) is 2. The molecule has 0 heterocycles. The van der Waals surface area contributed by atoms with E-state index in [2.05, 4.69) is 6.92 Å². The predicted molar refractivity (Wildman–Crippen MR) is 41.8 cm³/mol. The molecule has 0 aromatic heterocycles. The highest BCUT2D eigenvalue weighted by molar-refractivity contribution is 5.85. The normalized spacial score (nSPS) is 16.0. The van der Waals surface area contributed by atoms with Gasteiger partial charge in [0.2, 0.25) is 0 Å². The van der Waals surface area contributed by atoms with Crippen LogP contribution in [0.3, 0.4) is 0 Å². The molecule has 3 N–H and O–H groups in total. The fraction of sp³-hybridized carbons (Fsp3) is 1.00. The smallest absolute Gasteiger partial charge is 0.0585 e. The van der Waals surface area contributed by atoms with Crippen molar-refractivity contribution in [3.63, 3.8) is 0 Å². The van der Waals surface area contributed by atoms with Gasteiger partial charge in [0.05, 0.1) is 6.61 Å². The second kappa shape index (κ2) is 6.33.